The van der Waals surface area contributed by atoms with Crippen molar-refractivity contribution in [3.63, 3.8) is 0 Å². The molecule has 1 saturated heterocycles. The van der Waals surface area contributed by atoms with Crippen LogP contribution in [0.2, 0.25) is 0 Å². The number of carbonyl (C=O) groups is 1. The zero-order chi connectivity index (χ0) is 14.5. The SMILES string of the molecule is C[C@H]1OCCN[C@@H]1C(=O)NCc1cccnc1N(C)C.Cl.Cl. The van der Waals surface area contributed by atoms with E-state index in [1.807, 2.05) is 38.1 Å². The van der Waals surface area contributed by atoms with Gasteiger partial charge >= 0.3 is 0 Å². The van der Waals surface area contributed by atoms with E-state index in [0.717, 1.165) is 11.4 Å². The smallest absolute Gasteiger partial charge is 0.240 e. The van der Waals surface area contributed by atoms with Crippen molar-refractivity contribution in [3.05, 3.63) is 23.9 Å². The quantitative estimate of drug-likeness (QED) is 0.847. The molecule has 0 aromatic carbocycles. The molecule has 1 aliphatic rings. The van der Waals surface area contributed by atoms with Gasteiger partial charge in [-0.15, -0.1) is 24.8 Å². The summed E-state index contributed by atoms with van der Waals surface area (Å²) >= 11 is 0. The molecule has 8 heteroatoms. The van der Waals surface area contributed by atoms with Crippen molar-refractivity contribution < 1.29 is 9.53 Å². The summed E-state index contributed by atoms with van der Waals surface area (Å²) in [4.78, 5) is 18.4. The molecule has 1 aromatic rings. The van der Waals surface area contributed by atoms with E-state index in [9.17, 15) is 4.79 Å². The first-order valence-electron chi connectivity index (χ1n) is 6.83. The first-order valence-corrected chi connectivity index (χ1v) is 6.83. The Labute approximate surface area is 143 Å². The van der Waals surface area contributed by atoms with Gasteiger partial charge < -0.3 is 20.3 Å². The summed E-state index contributed by atoms with van der Waals surface area (Å²) in [5, 5.41) is 6.13. The van der Waals surface area contributed by atoms with Crippen LogP contribution in [0.5, 0.6) is 0 Å². The fourth-order valence-electron chi connectivity index (χ4n) is 2.29. The molecule has 0 spiro atoms. The van der Waals surface area contributed by atoms with Crippen LogP contribution in [0.25, 0.3) is 0 Å². The van der Waals surface area contributed by atoms with Crippen LogP contribution < -0.4 is 15.5 Å². The lowest BCUT2D eigenvalue weighted by Crippen LogP contribution is -2.55. The zero-order valence-corrected chi connectivity index (χ0v) is 14.7. The van der Waals surface area contributed by atoms with Crippen molar-refractivity contribution in [2.45, 2.75) is 25.6 Å². The predicted molar refractivity (Wildman–Crippen MR) is 92.1 cm³/mol. The number of morpholine rings is 1. The van der Waals surface area contributed by atoms with Gasteiger partial charge in [-0.3, -0.25) is 4.79 Å². The number of ether oxygens (including phenoxy) is 1. The molecule has 2 rings (SSSR count). The molecule has 1 amide bonds. The third kappa shape index (κ3) is 5.28. The Morgan fingerprint density at radius 1 is 1.50 bits per heavy atom. The van der Waals surface area contributed by atoms with Gasteiger partial charge in [0.15, 0.2) is 0 Å². The Morgan fingerprint density at radius 3 is 2.86 bits per heavy atom. The van der Waals surface area contributed by atoms with E-state index in [0.29, 0.717) is 19.7 Å². The number of pyridine rings is 1. The summed E-state index contributed by atoms with van der Waals surface area (Å²) in [5.41, 5.74) is 0.996. The topological polar surface area (TPSA) is 66.5 Å². The maximum Gasteiger partial charge on any atom is 0.240 e. The van der Waals surface area contributed by atoms with E-state index in [1.165, 1.54) is 0 Å². The lowest BCUT2D eigenvalue weighted by Gasteiger charge is -2.29. The number of rotatable bonds is 4. The van der Waals surface area contributed by atoms with Crippen LogP contribution in [0, 0.1) is 0 Å². The Hall–Kier alpha value is -1.08. The first kappa shape index (κ1) is 20.9. The van der Waals surface area contributed by atoms with Crippen LogP contribution in [0.1, 0.15) is 12.5 Å². The summed E-state index contributed by atoms with van der Waals surface area (Å²) in [6, 6.07) is 3.55. The Bertz CT molecular complexity index is 474. The second-order valence-electron chi connectivity index (χ2n) is 5.11. The molecule has 126 valence electrons. The lowest BCUT2D eigenvalue weighted by molar-refractivity contribution is -0.129. The van der Waals surface area contributed by atoms with Crippen molar-refractivity contribution in [3.8, 4) is 0 Å². The highest BCUT2D eigenvalue weighted by atomic mass is 35.5. The number of nitrogens with one attached hydrogen (secondary N) is 2. The minimum atomic E-state index is -0.289. The van der Waals surface area contributed by atoms with Crippen LogP contribution in [0.4, 0.5) is 5.82 Å². The third-order valence-corrected chi connectivity index (χ3v) is 3.34. The van der Waals surface area contributed by atoms with Crippen molar-refractivity contribution in [2.24, 2.45) is 0 Å². The molecule has 0 aliphatic carbocycles. The second kappa shape index (κ2) is 9.84. The second-order valence-corrected chi connectivity index (χ2v) is 5.11. The van der Waals surface area contributed by atoms with Gasteiger partial charge in [0.05, 0.1) is 12.7 Å². The first-order chi connectivity index (χ1) is 9.59. The molecule has 1 aliphatic heterocycles. The van der Waals surface area contributed by atoms with Crippen LogP contribution in [-0.2, 0) is 16.1 Å². The highest BCUT2D eigenvalue weighted by Crippen LogP contribution is 2.14. The summed E-state index contributed by atoms with van der Waals surface area (Å²) in [6.45, 7) is 3.73. The molecule has 2 atom stereocenters. The molecule has 1 fully saturated rings. The standard InChI is InChI=1S/C14H22N4O2.2ClH/c1-10-12(15-7-8-20-10)14(19)17-9-11-5-4-6-16-13(11)18(2)3;;/h4-6,10,12,15H,7-9H2,1-3H3,(H,17,19);2*1H/t10-,12+;;/m1../s1. The van der Waals surface area contributed by atoms with Crippen molar-refractivity contribution in [1.29, 1.82) is 0 Å². The molecule has 1 aromatic heterocycles. The van der Waals surface area contributed by atoms with Gasteiger partial charge in [-0.05, 0) is 13.0 Å². The molecule has 0 radical (unpaired) electrons. The van der Waals surface area contributed by atoms with Gasteiger partial charge in [-0.1, -0.05) is 6.07 Å². The number of aromatic nitrogens is 1. The maximum absolute atomic E-state index is 12.2. The summed E-state index contributed by atoms with van der Waals surface area (Å²) in [5.74, 6) is 0.833. The number of carbonyl (C=O) groups excluding carboxylic acids is 1. The Kier molecular flexibility index (Phi) is 9.36. The van der Waals surface area contributed by atoms with Gasteiger partial charge in [0, 0.05) is 38.9 Å². The van der Waals surface area contributed by atoms with E-state index in [1.54, 1.807) is 6.20 Å². The largest absolute Gasteiger partial charge is 0.375 e. The van der Waals surface area contributed by atoms with Crippen LogP contribution in [-0.4, -0.2) is 50.3 Å². The number of hydrogen-bond donors (Lipinski definition) is 2. The van der Waals surface area contributed by atoms with Gasteiger partial charge in [0.1, 0.15) is 11.9 Å². The minimum Gasteiger partial charge on any atom is -0.375 e. The number of amides is 1. The van der Waals surface area contributed by atoms with Crippen molar-refractivity contribution in [1.82, 2.24) is 15.6 Å². The predicted octanol–water partition coefficient (Wildman–Crippen LogP) is 0.984. The van der Waals surface area contributed by atoms with Gasteiger partial charge in [0.2, 0.25) is 5.91 Å². The molecular formula is C14H24Cl2N4O2. The van der Waals surface area contributed by atoms with Crippen molar-refractivity contribution >= 4 is 36.5 Å². The Morgan fingerprint density at radius 2 is 2.23 bits per heavy atom. The fourth-order valence-corrected chi connectivity index (χ4v) is 2.29. The average Bonchev–Trinajstić information content (AvgIpc) is 2.45. The van der Waals surface area contributed by atoms with Gasteiger partial charge in [-0.2, -0.15) is 0 Å². The highest BCUT2D eigenvalue weighted by Gasteiger charge is 2.28. The van der Waals surface area contributed by atoms with E-state index in [4.69, 9.17) is 4.74 Å². The lowest BCUT2D eigenvalue weighted by atomic mass is 10.1. The number of hydrogen-bond acceptors (Lipinski definition) is 5. The molecule has 2 heterocycles. The summed E-state index contributed by atoms with van der Waals surface area (Å²) in [6.07, 6.45) is 1.64. The highest BCUT2D eigenvalue weighted by molar-refractivity contribution is 5.85. The van der Waals surface area contributed by atoms with Crippen molar-refractivity contribution in [2.75, 3.05) is 32.1 Å². The zero-order valence-electron chi connectivity index (χ0n) is 13.0. The average molecular weight is 351 g/mol. The normalized spacial score (nSPS) is 20.3. The van der Waals surface area contributed by atoms with Gasteiger partial charge in [-0.25, -0.2) is 4.98 Å². The molecular weight excluding hydrogens is 327 g/mol. The minimum absolute atomic E-state index is 0. The van der Waals surface area contributed by atoms with E-state index in [2.05, 4.69) is 15.6 Å². The molecule has 0 bridgehead atoms. The monoisotopic (exact) mass is 350 g/mol. The number of halogens is 2. The summed E-state index contributed by atoms with van der Waals surface area (Å²) in [7, 11) is 3.87. The molecule has 0 unspecified atom stereocenters. The number of anilines is 1. The van der Waals surface area contributed by atoms with E-state index in [-0.39, 0.29) is 42.9 Å². The van der Waals surface area contributed by atoms with Gasteiger partial charge in [0.25, 0.3) is 0 Å². The van der Waals surface area contributed by atoms with Crippen LogP contribution in [0.15, 0.2) is 18.3 Å². The summed E-state index contributed by atoms with van der Waals surface area (Å²) < 4.78 is 5.48. The Balaban J connectivity index is 0.00000220. The molecule has 0 saturated carbocycles. The third-order valence-electron chi connectivity index (χ3n) is 3.34. The van der Waals surface area contributed by atoms with E-state index >= 15 is 0 Å². The van der Waals surface area contributed by atoms with E-state index < -0.39 is 0 Å². The number of nitrogens with zero attached hydrogens (tertiary/aromatic N) is 2. The maximum atomic E-state index is 12.2. The van der Waals surface area contributed by atoms with Crippen LogP contribution in [0.3, 0.4) is 0 Å². The fraction of sp³-hybridized carbons (Fsp3) is 0.571. The van der Waals surface area contributed by atoms with Crippen LogP contribution >= 0.6 is 24.8 Å². The molecule has 6 nitrogen and oxygen atoms in total. The molecule has 22 heavy (non-hydrogen) atoms. The molecule has 2 N–H and O–H groups in total.